The summed E-state index contributed by atoms with van der Waals surface area (Å²) in [6, 6.07) is 23.6. The molecule has 4 aromatic rings. The third kappa shape index (κ3) is 6.63. The first-order valence-electron chi connectivity index (χ1n) is 12.2. The molecule has 6 heteroatoms. The Kier molecular flexibility index (Phi) is 8.39. The molecule has 0 saturated carbocycles. The van der Waals surface area contributed by atoms with Crippen molar-refractivity contribution in [3.8, 4) is 11.5 Å². The number of nitrogens with one attached hydrogen (secondary N) is 1. The van der Waals surface area contributed by atoms with E-state index in [1.807, 2.05) is 18.2 Å². The van der Waals surface area contributed by atoms with Crippen LogP contribution in [0.15, 0.2) is 72.8 Å². The van der Waals surface area contributed by atoms with Crippen LogP contribution in [0.25, 0.3) is 11.0 Å². The van der Waals surface area contributed by atoms with Gasteiger partial charge in [-0.25, -0.2) is 4.98 Å². The number of aromatic nitrogens is 2. The maximum atomic E-state index is 12.4. The van der Waals surface area contributed by atoms with Crippen LogP contribution in [0.2, 0.25) is 0 Å². The lowest BCUT2D eigenvalue weighted by molar-refractivity contribution is 0.0953. The number of imidazole rings is 1. The number of benzene rings is 3. The van der Waals surface area contributed by atoms with Crippen LogP contribution in [0.1, 0.15) is 41.0 Å². The number of unbranched alkanes of at least 4 members (excludes halogenated alkanes) is 1. The molecule has 1 N–H and O–H groups in total. The van der Waals surface area contributed by atoms with E-state index >= 15 is 0 Å². The number of aryl methyl sites for hydroxylation is 3. The second-order valence-electron chi connectivity index (χ2n) is 8.62. The van der Waals surface area contributed by atoms with Crippen LogP contribution in [-0.4, -0.2) is 35.7 Å². The quantitative estimate of drug-likeness (QED) is 0.274. The molecule has 0 spiro atoms. The molecule has 0 radical (unpaired) electrons. The lowest BCUT2D eigenvalue weighted by Gasteiger charge is -2.11. The summed E-state index contributed by atoms with van der Waals surface area (Å²) in [6.07, 6.45) is 3.60. The molecule has 3 aromatic carbocycles. The number of ether oxygens (including phenoxy) is 2. The van der Waals surface area contributed by atoms with Crippen LogP contribution in [0.5, 0.6) is 11.5 Å². The molecule has 0 aliphatic rings. The minimum atomic E-state index is -0.0743. The van der Waals surface area contributed by atoms with Crippen LogP contribution in [-0.2, 0) is 13.0 Å². The SMILES string of the molecule is COc1ccc(C(=O)NCCCc2nc3ccccc3n2CCCCOc2ccc(C)cc2)cc1. The van der Waals surface area contributed by atoms with E-state index in [1.165, 1.54) is 5.56 Å². The third-order valence-electron chi connectivity index (χ3n) is 6.01. The van der Waals surface area contributed by atoms with E-state index in [1.54, 1.807) is 31.4 Å². The van der Waals surface area contributed by atoms with Crippen LogP contribution >= 0.6 is 0 Å². The molecule has 35 heavy (non-hydrogen) atoms. The molecule has 0 atom stereocenters. The van der Waals surface area contributed by atoms with Gasteiger partial charge in [0.25, 0.3) is 5.91 Å². The highest BCUT2D eigenvalue weighted by molar-refractivity contribution is 5.94. The molecule has 0 unspecified atom stereocenters. The molecule has 0 fully saturated rings. The Labute approximate surface area is 206 Å². The van der Waals surface area contributed by atoms with Crippen molar-refractivity contribution in [1.29, 1.82) is 0 Å². The average Bonchev–Trinajstić information content (AvgIpc) is 3.24. The summed E-state index contributed by atoms with van der Waals surface area (Å²) < 4.78 is 13.3. The number of fused-ring (bicyclic) bond motifs is 1. The topological polar surface area (TPSA) is 65.4 Å². The van der Waals surface area contributed by atoms with Crippen molar-refractivity contribution < 1.29 is 14.3 Å². The zero-order valence-electron chi connectivity index (χ0n) is 20.5. The van der Waals surface area contributed by atoms with Crippen LogP contribution in [0, 0.1) is 6.92 Å². The summed E-state index contributed by atoms with van der Waals surface area (Å²) in [5, 5.41) is 3.01. The highest BCUT2D eigenvalue weighted by Gasteiger charge is 2.11. The maximum absolute atomic E-state index is 12.4. The molecule has 0 bridgehead atoms. The fraction of sp³-hybridized carbons (Fsp3) is 0.310. The number of rotatable bonds is 12. The summed E-state index contributed by atoms with van der Waals surface area (Å²) in [7, 11) is 1.61. The van der Waals surface area contributed by atoms with E-state index in [-0.39, 0.29) is 5.91 Å². The Balaban J connectivity index is 1.27. The number of para-hydroxylation sites is 2. The largest absolute Gasteiger partial charge is 0.497 e. The minimum absolute atomic E-state index is 0.0743. The van der Waals surface area contributed by atoms with E-state index in [2.05, 4.69) is 47.1 Å². The fourth-order valence-corrected chi connectivity index (χ4v) is 4.06. The first-order chi connectivity index (χ1) is 17.1. The van der Waals surface area contributed by atoms with E-state index in [0.717, 1.165) is 60.6 Å². The van der Waals surface area contributed by atoms with Crippen molar-refractivity contribution in [2.75, 3.05) is 20.3 Å². The van der Waals surface area contributed by atoms with E-state index in [9.17, 15) is 4.79 Å². The molecule has 1 heterocycles. The Morgan fingerprint density at radius 2 is 1.66 bits per heavy atom. The number of methoxy groups -OCH3 is 1. The predicted octanol–water partition coefficient (Wildman–Crippen LogP) is 5.58. The maximum Gasteiger partial charge on any atom is 0.251 e. The van der Waals surface area contributed by atoms with Gasteiger partial charge in [0.15, 0.2) is 0 Å². The average molecular weight is 472 g/mol. The monoisotopic (exact) mass is 471 g/mol. The van der Waals surface area contributed by atoms with Gasteiger partial charge in [-0.2, -0.15) is 0 Å². The molecular formula is C29H33N3O3. The molecular weight excluding hydrogens is 438 g/mol. The van der Waals surface area contributed by atoms with Gasteiger partial charge in [0.1, 0.15) is 17.3 Å². The summed E-state index contributed by atoms with van der Waals surface area (Å²) in [4.78, 5) is 17.3. The first kappa shape index (κ1) is 24.3. The van der Waals surface area contributed by atoms with E-state index < -0.39 is 0 Å². The summed E-state index contributed by atoms with van der Waals surface area (Å²) in [5.41, 5.74) is 4.04. The number of amides is 1. The van der Waals surface area contributed by atoms with Crippen LogP contribution < -0.4 is 14.8 Å². The number of carbonyl (C=O) groups is 1. The fourth-order valence-electron chi connectivity index (χ4n) is 4.06. The van der Waals surface area contributed by atoms with Gasteiger partial charge >= 0.3 is 0 Å². The minimum Gasteiger partial charge on any atom is -0.497 e. The van der Waals surface area contributed by atoms with E-state index in [4.69, 9.17) is 14.5 Å². The van der Waals surface area contributed by atoms with Crippen molar-refractivity contribution in [2.24, 2.45) is 0 Å². The number of hydrogen-bond donors (Lipinski definition) is 1. The molecule has 1 amide bonds. The van der Waals surface area contributed by atoms with Crippen molar-refractivity contribution in [1.82, 2.24) is 14.9 Å². The van der Waals surface area contributed by atoms with Crippen LogP contribution in [0.3, 0.4) is 0 Å². The number of nitrogens with zero attached hydrogens (tertiary/aromatic N) is 2. The third-order valence-corrected chi connectivity index (χ3v) is 6.01. The van der Waals surface area contributed by atoms with Gasteiger partial charge in [0, 0.05) is 25.1 Å². The number of hydrogen-bond acceptors (Lipinski definition) is 4. The van der Waals surface area contributed by atoms with E-state index in [0.29, 0.717) is 18.7 Å². The normalized spacial score (nSPS) is 10.9. The van der Waals surface area contributed by atoms with Crippen LogP contribution in [0.4, 0.5) is 0 Å². The second kappa shape index (κ2) is 12.1. The zero-order chi connectivity index (χ0) is 24.5. The molecule has 0 aliphatic heterocycles. The van der Waals surface area contributed by atoms with Gasteiger partial charge in [0.2, 0.25) is 0 Å². The Morgan fingerprint density at radius 1 is 0.914 bits per heavy atom. The van der Waals surface area contributed by atoms with Gasteiger partial charge in [-0.1, -0.05) is 29.8 Å². The molecule has 1 aromatic heterocycles. The van der Waals surface area contributed by atoms with Gasteiger partial charge < -0.3 is 19.4 Å². The van der Waals surface area contributed by atoms with Crippen molar-refractivity contribution >= 4 is 16.9 Å². The molecule has 0 saturated heterocycles. The Bertz CT molecular complexity index is 1230. The summed E-state index contributed by atoms with van der Waals surface area (Å²) in [6.45, 7) is 4.26. The standard InChI is InChI=1S/C29H33N3O3/c1-22-11-15-25(16-12-22)35-21-6-5-20-32-27-9-4-3-8-26(27)31-28(32)10-7-19-30-29(33)23-13-17-24(34-2)18-14-23/h3-4,8-9,11-18H,5-7,10,19-21H2,1-2H3,(H,30,33). The zero-order valence-corrected chi connectivity index (χ0v) is 20.5. The predicted molar refractivity (Wildman–Crippen MR) is 139 cm³/mol. The van der Waals surface area contributed by atoms with Gasteiger partial charge in [-0.3, -0.25) is 4.79 Å². The lowest BCUT2D eigenvalue weighted by Crippen LogP contribution is -2.25. The van der Waals surface area contributed by atoms with Crippen molar-refractivity contribution in [2.45, 2.75) is 39.2 Å². The highest BCUT2D eigenvalue weighted by Crippen LogP contribution is 2.19. The molecule has 0 aliphatic carbocycles. The van der Waals surface area contributed by atoms with Crippen molar-refractivity contribution in [3.05, 3.63) is 89.7 Å². The van der Waals surface area contributed by atoms with Gasteiger partial charge in [-0.05, 0) is 74.7 Å². The van der Waals surface area contributed by atoms with Gasteiger partial charge in [-0.15, -0.1) is 0 Å². The Morgan fingerprint density at radius 3 is 2.43 bits per heavy atom. The molecule has 6 nitrogen and oxygen atoms in total. The molecule has 182 valence electrons. The summed E-state index contributed by atoms with van der Waals surface area (Å²) >= 11 is 0. The number of carbonyl (C=O) groups excluding carboxylic acids is 1. The lowest BCUT2D eigenvalue weighted by atomic mass is 10.2. The van der Waals surface area contributed by atoms with Crippen molar-refractivity contribution in [3.63, 3.8) is 0 Å². The summed E-state index contributed by atoms with van der Waals surface area (Å²) in [5.74, 6) is 2.64. The smallest absolute Gasteiger partial charge is 0.251 e. The highest BCUT2D eigenvalue weighted by atomic mass is 16.5. The van der Waals surface area contributed by atoms with Gasteiger partial charge in [0.05, 0.1) is 24.8 Å². The molecule has 4 rings (SSSR count). The Hall–Kier alpha value is -3.80. The second-order valence-corrected chi connectivity index (χ2v) is 8.62. The first-order valence-corrected chi connectivity index (χ1v) is 12.2.